The molecule has 8 heteroatoms. The summed E-state index contributed by atoms with van der Waals surface area (Å²) in [5, 5.41) is 10.6. The molecule has 2 rings (SSSR count). The van der Waals surface area contributed by atoms with Gasteiger partial charge in [-0.2, -0.15) is 0 Å². The molecular weight excluding hydrogens is 403 g/mol. The fourth-order valence-corrected chi connectivity index (χ4v) is 3.29. The second kappa shape index (κ2) is 7.78. The van der Waals surface area contributed by atoms with Crippen LogP contribution in [0.5, 0.6) is 11.5 Å². The van der Waals surface area contributed by atoms with Crippen LogP contribution in [0.3, 0.4) is 0 Å². The Morgan fingerprint density at radius 2 is 1.85 bits per heavy atom. The molecule has 0 bridgehead atoms. The number of rotatable bonds is 6. The summed E-state index contributed by atoms with van der Waals surface area (Å²) in [4.78, 5) is 12.2. The van der Waals surface area contributed by atoms with Gasteiger partial charge in [0.05, 0.1) is 31.3 Å². The summed E-state index contributed by atoms with van der Waals surface area (Å²) >= 11 is 3.42. The number of esters is 1. The molecule has 0 amide bonds. The van der Waals surface area contributed by atoms with Crippen LogP contribution in [0.1, 0.15) is 52.4 Å². The highest BCUT2D eigenvalue weighted by atomic mass is 79.9. The summed E-state index contributed by atoms with van der Waals surface area (Å²) in [7, 11) is 0.759. The highest BCUT2D eigenvalue weighted by Crippen LogP contribution is 2.45. The standard InChI is InChI=1S/C18H26BBrO6/c1-7-24-15(21)10-13(19-25-17(2,3)18(4,5)26-19)12-8-11(20)9-14(23-6)16(12)22/h8-9,13,22H,7,10H2,1-6H3. The smallest absolute Gasteiger partial charge is 0.466 e. The molecule has 1 fully saturated rings. The molecule has 1 aromatic carbocycles. The number of halogens is 1. The molecule has 1 aliphatic heterocycles. The van der Waals surface area contributed by atoms with Gasteiger partial charge in [-0.1, -0.05) is 15.9 Å². The first-order chi connectivity index (χ1) is 12.0. The lowest BCUT2D eigenvalue weighted by molar-refractivity contribution is -0.143. The molecule has 0 aliphatic carbocycles. The van der Waals surface area contributed by atoms with Crippen molar-refractivity contribution in [3.05, 3.63) is 22.2 Å². The Morgan fingerprint density at radius 1 is 1.27 bits per heavy atom. The number of hydrogen-bond acceptors (Lipinski definition) is 6. The van der Waals surface area contributed by atoms with Crippen LogP contribution >= 0.6 is 15.9 Å². The zero-order chi connectivity index (χ0) is 19.7. The van der Waals surface area contributed by atoms with Crippen molar-refractivity contribution in [1.82, 2.24) is 0 Å². The zero-order valence-electron chi connectivity index (χ0n) is 16.1. The zero-order valence-corrected chi connectivity index (χ0v) is 17.7. The van der Waals surface area contributed by atoms with Gasteiger partial charge in [0.25, 0.3) is 0 Å². The van der Waals surface area contributed by atoms with Crippen molar-refractivity contribution in [3.8, 4) is 11.5 Å². The third kappa shape index (κ3) is 4.18. The molecule has 1 atom stereocenters. The van der Waals surface area contributed by atoms with Crippen molar-refractivity contribution >= 4 is 29.0 Å². The van der Waals surface area contributed by atoms with Crippen LogP contribution in [-0.2, 0) is 18.8 Å². The fourth-order valence-electron chi connectivity index (χ4n) is 2.84. The number of carbonyl (C=O) groups excluding carboxylic acids is 1. The van der Waals surface area contributed by atoms with Crippen LogP contribution in [0.2, 0.25) is 0 Å². The number of ether oxygens (including phenoxy) is 2. The molecule has 0 radical (unpaired) electrons. The van der Waals surface area contributed by atoms with Crippen molar-refractivity contribution in [1.29, 1.82) is 0 Å². The molecule has 1 unspecified atom stereocenters. The number of carbonyl (C=O) groups is 1. The van der Waals surface area contributed by atoms with E-state index in [1.807, 2.05) is 27.7 Å². The monoisotopic (exact) mass is 428 g/mol. The van der Waals surface area contributed by atoms with Gasteiger partial charge in [-0.3, -0.25) is 4.79 Å². The van der Waals surface area contributed by atoms with Crippen molar-refractivity contribution in [2.24, 2.45) is 0 Å². The Hall–Kier alpha value is -1.25. The summed E-state index contributed by atoms with van der Waals surface area (Å²) in [6.07, 6.45) is 0.0117. The minimum atomic E-state index is -0.714. The van der Waals surface area contributed by atoms with Crippen LogP contribution in [0.4, 0.5) is 0 Å². The van der Waals surface area contributed by atoms with Gasteiger partial charge in [-0.15, -0.1) is 0 Å². The first-order valence-corrected chi connectivity index (χ1v) is 9.39. The Bertz CT molecular complexity index is 660. The van der Waals surface area contributed by atoms with Crippen LogP contribution in [0.25, 0.3) is 0 Å². The molecule has 1 aliphatic rings. The van der Waals surface area contributed by atoms with E-state index in [-0.39, 0.29) is 24.7 Å². The molecule has 0 spiro atoms. The number of phenols is 1. The maximum absolute atomic E-state index is 12.2. The Labute approximate surface area is 163 Å². The number of hydrogen-bond donors (Lipinski definition) is 1. The molecule has 1 heterocycles. The van der Waals surface area contributed by atoms with E-state index in [1.54, 1.807) is 19.1 Å². The Morgan fingerprint density at radius 3 is 2.35 bits per heavy atom. The normalized spacial score (nSPS) is 19.3. The number of methoxy groups -OCH3 is 1. The first-order valence-electron chi connectivity index (χ1n) is 8.60. The third-order valence-electron chi connectivity index (χ3n) is 4.98. The maximum atomic E-state index is 12.2. The van der Waals surface area contributed by atoms with Gasteiger partial charge in [-0.05, 0) is 46.8 Å². The lowest BCUT2D eigenvalue weighted by Gasteiger charge is -2.32. The van der Waals surface area contributed by atoms with E-state index in [0.29, 0.717) is 15.8 Å². The van der Waals surface area contributed by atoms with Gasteiger partial charge in [-0.25, -0.2) is 0 Å². The van der Waals surface area contributed by atoms with E-state index < -0.39 is 24.1 Å². The van der Waals surface area contributed by atoms with Crippen molar-refractivity contribution in [2.75, 3.05) is 13.7 Å². The largest absolute Gasteiger partial charge is 0.504 e. The second-order valence-electron chi connectivity index (χ2n) is 7.29. The maximum Gasteiger partial charge on any atom is 0.466 e. The Balaban J connectivity index is 2.46. The molecule has 1 N–H and O–H groups in total. The number of phenolic OH excluding ortho intramolecular Hbond substituents is 1. The molecule has 1 saturated heterocycles. The van der Waals surface area contributed by atoms with E-state index in [4.69, 9.17) is 18.8 Å². The molecule has 0 saturated carbocycles. The molecule has 26 heavy (non-hydrogen) atoms. The van der Waals surface area contributed by atoms with Gasteiger partial charge in [0.15, 0.2) is 11.5 Å². The fraction of sp³-hybridized carbons (Fsp3) is 0.611. The van der Waals surface area contributed by atoms with Gasteiger partial charge >= 0.3 is 13.1 Å². The van der Waals surface area contributed by atoms with Gasteiger partial charge < -0.3 is 23.9 Å². The quantitative estimate of drug-likeness (QED) is 0.548. The highest BCUT2D eigenvalue weighted by molar-refractivity contribution is 9.10. The summed E-state index contributed by atoms with van der Waals surface area (Å²) in [6, 6.07) is 3.40. The minimum absolute atomic E-state index is 0.0117. The van der Waals surface area contributed by atoms with Crippen LogP contribution < -0.4 is 4.74 Å². The van der Waals surface area contributed by atoms with E-state index >= 15 is 0 Å². The van der Waals surface area contributed by atoms with Crippen LogP contribution in [0, 0.1) is 0 Å². The summed E-state index contributed by atoms with van der Waals surface area (Å²) in [5.74, 6) is -0.675. The molecule has 6 nitrogen and oxygen atoms in total. The predicted molar refractivity (Wildman–Crippen MR) is 102 cm³/mol. The number of aromatic hydroxyl groups is 1. The summed E-state index contributed by atoms with van der Waals surface area (Å²) < 4.78 is 23.3. The lowest BCUT2D eigenvalue weighted by Crippen LogP contribution is -2.41. The summed E-state index contributed by atoms with van der Waals surface area (Å²) in [5.41, 5.74) is -0.616. The molecule has 0 aromatic heterocycles. The highest BCUT2D eigenvalue weighted by Gasteiger charge is 2.54. The SMILES string of the molecule is CCOC(=O)CC(B1OC(C)(C)C(C)(C)O1)c1cc(Br)cc(OC)c1O. The summed E-state index contributed by atoms with van der Waals surface area (Å²) in [6.45, 7) is 9.79. The van der Waals surface area contributed by atoms with Crippen molar-refractivity contribution in [2.45, 2.75) is 58.1 Å². The van der Waals surface area contributed by atoms with Crippen LogP contribution in [-0.4, -0.2) is 43.1 Å². The van der Waals surface area contributed by atoms with E-state index in [0.717, 1.165) is 0 Å². The third-order valence-corrected chi connectivity index (χ3v) is 5.44. The molecule has 144 valence electrons. The van der Waals surface area contributed by atoms with Gasteiger partial charge in [0.1, 0.15) is 0 Å². The van der Waals surface area contributed by atoms with E-state index in [1.165, 1.54) is 7.11 Å². The Kier molecular flexibility index (Phi) is 6.30. The van der Waals surface area contributed by atoms with E-state index in [9.17, 15) is 9.90 Å². The van der Waals surface area contributed by atoms with Crippen molar-refractivity contribution in [3.63, 3.8) is 0 Å². The topological polar surface area (TPSA) is 74.2 Å². The average Bonchev–Trinajstić information content (AvgIpc) is 2.75. The molecular formula is C18H26BBrO6. The van der Waals surface area contributed by atoms with Gasteiger partial charge in [0.2, 0.25) is 0 Å². The first kappa shape index (κ1) is 21.1. The average molecular weight is 429 g/mol. The van der Waals surface area contributed by atoms with E-state index in [2.05, 4.69) is 15.9 Å². The minimum Gasteiger partial charge on any atom is -0.504 e. The lowest BCUT2D eigenvalue weighted by atomic mass is 9.66. The second-order valence-corrected chi connectivity index (χ2v) is 8.20. The van der Waals surface area contributed by atoms with Gasteiger partial charge in [0, 0.05) is 15.9 Å². The predicted octanol–water partition coefficient (Wildman–Crippen LogP) is 3.83. The van der Waals surface area contributed by atoms with Crippen molar-refractivity contribution < 1.29 is 28.7 Å². The number of benzene rings is 1. The molecule has 1 aromatic rings. The van der Waals surface area contributed by atoms with Crippen LogP contribution in [0.15, 0.2) is 16.6 Å².